The summed E-state index contributed by atoms with van der Waals surface area (Å²) in [6.07, 6.45) is -2.67. The number of nitrogens with zero attached hydrogens (tertiary/aromatic N) is 2. The van der Waals surface area contributed by atoms with E-state index in [1.807, 2.05) is 6.92 Å². The van der Waals surface area contributed by atoms with E-state index >= 15 is 0 Å². The average molecular weight is 194 g/mol. The fraction of sp³-hybridized carbons (Fsp3) is 0.571. The minimum absolute atomic E-state index is 0.269. The Labute approximate surface area is 73.1 Å². The summed E-state index contributed by atoms with van der Waals surface area (Å²) >= 11 is 0. The van der Waals surface area contributed by atoms with Crippen LogP contribution in [0.1, 0.15) is 13.3 Å². The number of ether oxygens (including phenoxy) is 1. The Morgan fingerprint density at radius 3 is 2.77 bits per heavy atom. The molecule has 74 valence electrons. The van der Waals surface area contributed by atoms with Gasteiger partial charge in [-0.1, -0.05) is 6.92 Å². The molecule has 1 rings (SSSR count). The minimum atomic E-state index is -4.65. The van der Waals surface area contributed by atoms with E-state index < -0.39 is 6.36 Å². The highest BCUT2D eigenvalue weighted by atomic mass is 19.4. The highest BCUT2D eigenvalue weighted by Gasteiger charge is 2.32. The molecule has 0 amide bonds. The standard InChI is InChI=1S/C7H9F3N2O/c1-2-5-12-6(3-4-11-12)13-7(8,9)10/h3-4H,2,5H2,1H3. The van der Waals surface area contributed by atoms with Crippen LogP contribution >= 0.6 is 0 Å². The molecular formula is C7H9F3N2O. The molecule has 0 saturated heterocycles. The molecule has 0 fully saturated rings. The second-order valence-electron chi connectivity index (χ2n) is 2.44. The summed E-state index contributed by atoms with van der Waals surface area (Å²) in [6, 6.07) is 1.18. The summed E-state index contributed by atoms with van der Waals surface area (Å²) in [5, 5.41) is 3.68. The normalized spacial score (nSPS) is 11.7. The number of halogens is 3. The molecule has 0 saturated carbocycles. The van der Waals surface area contributed by atoms with Crippen molar-refractivity contribution in [2.45, 2.75) is 26.3 Å². The van der Waals surface area contributed by atoms with Gasteiger partial charge in [0, 0.05) is 12.6 Å². The molecule has 0 aliphatic carbocycles. The topological polar surface area (TPSA) is 27.1 Å². The molecule has 13 heavy (non-hydrogen) atoms. The van der Waals surface area contributed by atoms with Crippen molar-refractivity contribution in [3.05, 3.63) is 12.3 Å². The smallest absolute Gasteiger partial charge is 0.388 e. The maximum absolute atomic E-state index is 11.8. The van der Waals surface area contributed by atoms with Crippen LogP contribution in [-0.2, 0) is 6.54 Å². The molecule has 0 bridgehead atoms. The number of rotatable bonds is 3. The van der Waals surface area contributed by atoms with E-state index in [0.717, 1.165) is 0 Å². The minimum Gasteiger partial charge on any atom is -0.388 e. The van der Waals surface area contributed by atoms with Gasteiger partial charge in [-0.05, 0) is 6.42 Å². The molecule has 0 aromatic carbocycles. The van der Waals surface area contributed by atoms with Gasteiger partial charge in [-0.2, -0.15) is 5.10 Å². The SMILES string of the molecule is CCCn1nccc1OC(F)(F)F. The second-order valence-corrected chi connectivity index (χ2v) is 2.44. The van der Waals surface area contributed by atoms with Gasteiger partial charge in [0.15, 0.2) is 0 Å². The third-order valence-electron chi connectivity index (χ3n) is 1.33. The molecule has 0 aliphatic rings. The molecule has 1 aromatic rings. The van der Waals surface area contributed by atoms with Crippen molar-refractivity contribution in [2.75, 3.05) is 0 Å². The van der Waals surface area contributed by atoms with E-state index in [1.54, 1.807) is 0 Å². The highest BCUT2D eigenvalue weighted by Crippen LogP contribution is 2.21. The van der Waals surface area contributed by atoms with Crippen LogP contribution in [-0.4, -0.2) is 16.1 Å². The first-order valence-corrected chi connectivity index (χ1v) is 3.80. The fourth-order valence-electron chi connectivity index (χ4n) is 0.906. The molecule has 0 aliphatic heterocycles. The zero-order chi connectivity index (χ0) is 9.90. The molecule has 0 radical (unpaired) electrons. The summed E-state index contributed by atoms with van der Waals surface area (Å²) in [7, 11) is 0. The Kier molecular flexibility index (Phi) is 2.79. The van der Waals surface area contributed by atoms with Crippen LogP contribution in [0.15, 0.2) is 12.3 Å². The first-order chi connectivity index (χ1) is 6.03. The maximum atomic E-state index is 11.8. The number of aryl methyl sites for hydroxylation is 1. The van der Waals surface area contributed by atoms with E-state index in [1.165, 1.54) is 16.9 Å². The largest absolute Gasteiger partial charge is 0.574 e. The zero-order valence-electron chi connectivity index (χ0n) is 7.01. The lowest BCUT2D eigenvalue weighted by molar-refractivity contribution is -0.277. The number of hydrogen-bond acceptors (Lipinski definition) is 2. The predicted octanol–water partition coefficient (Wildman–Crippen LogP) is 2.19. The summed E-state index contributed by atoms with van der Waals surface area (Å²) in [6.45, 7) is 2.26. The van der Waals surface area contributed by atoms with Crippen molar-refractivity contribution in [3.8, 4) is 5.88 Å². The van der Waals surface area contributed by atoms with Crippen LogP contribution in [0.25, 0.3) is 0 Å². The van der Waals surface area contributed by atoms with Crippen LogP contribution in [0.3, 0.4) is 0 Å². The molecule has 0 unspecified atom stereocenters. The first kappa shape index (κ1) is 9.88. The van der Waals surface area contributed by atoms with Gasteiger partial charge < -0.3 is 4.74 Å². The lowest BCUT2D eigenvalue weighted by atomic mass is 10.5. The lowest BCUT2D eigenvalue weighted by Gasteiger charge is -2.09. The third kappa shape index (κ3) is 2.96. The summed E-state index contributed by atoms with van der Waals surface area (Å²) < 4.78 is 40.2. The fourth-order valence-corrected chi connectivity index (χ4v) is 0.906. The number of aromatic nitrogens is 2. The predicted molar refractivity (Wildman–Crippen MR) is 39.2 cm³/mol. The van der Waals surface area contributed by atoms with Crippen molar-refractivity contribution in [1.82, 2.24) is 9.78 Å². The maximum Gasteiger partial charge on any atom is 0.574 e. The molecular weight excluding hydrogens is 185 g/mol. The Morgan fingerprint density at radius 2 is 2.23 bits per heavy atom. The molecule has 0 atom stereocenters. The van der Waals surface area contributed by atoms with E-state index in [4.69, 9.17) is 0 Å². The molecule has 6 heteroatoms. The molecule has 0 N–H and O–H groups in total. The number of hydrogen-bond donors (Lipinski definition) is 0. The van der Waals surface area contributed by atoms with Crippen molar-refractivity contribution in [2.24, 2.45) is 0 Å². The number of alkyl halides is 3. The van der Waals surface area contributed by atoms with Crippen LogP contribution in [0.4, 0.5) is 13.2 Å². The Balaban J connectivity index is 2.70. The molecule has 3 nitrogen and oxygen atoms in total. The lowest BCUT2D eigenvalue weighted by Crippen LogP contribution is -2.19. The van der Waals surface area contributed by atoms with E-state index in [-0.39, 0.29) is 5.88 Å². The third-order valence-corrected chi connectivity index (χ3v) is 1.33. The highest BCUT2D eigenvalue weighted by molar-refractivity contribution is 5.07. The summed E-state index contributed by atoms with van der Waals surface area (Å²) in [5.41, 5.74) is 0. The van der Waals surface area contributed by atoms with Crippen LogP contribution < -0.4 is 4.74 Å². The summed E-state index contributed by atoms with van der Waals surface area (Å²) in [4.78, 5) is 0. The van der Waals surface area contributed by atoms with Gasteiger partial charge in [0.2, 0.25) is 5.88 Å². The zero-order valence-corrected chi connectivity index (χ0v) is 7.01. The van der Waals surface area contributed by atoms with Crippen LogP contribution in [0.2, 0.25) is 0 Å². The first-order valence-electron chi connectivity index (χ1n) is 3.80. The van der Waals surface area contributed by atoms with Gasteiger partial charge in [0.05, 0.1) is 6.20 Å². The van der Waals surface area contributed by atoms with E-state index in [9.17, 15) is 13.2 Å². The Bertz CT molecular complexity index is 269. The van der Waals surface area contributed by atoms with Gasteiger partial charge in [-0.3, -0.25) is 0 Å². The monoisotopic (exact) mass is 194 g/mol. The Morgan fingerprint density at radius 1 is 1.54 bits per heavy atom. The van der Waals surface area contributed by atoms with Gasteiger partial charge in [-0.25, -0.2) is 4.68 Å². The summed E-state index contributed by atoms with van der Waals surface area (Å²) in [5.74, 6) is -0.269. The van der Waals surface area contributed by atoms with Crippen LogP contribution in [0.5, 0.6) is 5.88 Å². The molecule has 0 spiro atoms. The average Bonchev–Trinajstić information content (AvgIpc) is 2.34. The van der Waals surface area contributed by atoms with Gasteiger partial charge >= 0.3 is 6.36 Å². The van der Waals surface area contributed by atoms with Crippen molar-refractivity contribution < 1.29 is 17.9 Å². The van der Waals surface area contributed by atoms with Crippen molar-refractivity contribution in [3.63, 3.8) is 0 Å². The Hall–Kier alpha value is -1.20. The van der Waals surface area contributed by atoms with Crippen molar-refractivity contribution in [1.29, 1.82) is 0 Å². The van der Waals surface area contributed by atoms with Gasteiger partial charge in [0.1, 0.15) is 0 Å². The molecule has 1 aromatic heterocycles. The van der Waals surface area contributed by atoms with Gasteiger partial charge in [0.25, 0.3) is 0 Å². The quantitative estimate of drug-likeness (QED) is 0.737. The molecule has 1 heterocycles. The van der Waals surface area contributed by atoms with Crippen LogP contribution in [0, 0.1) is 0 Å². The second kappa shape index (κ2) is 3.68. The van der Waals surface area contributed by atoms with Crippen molar-refractivity contribution >= 4 is 0 Å². The van der Waals surface area contributed by atoms with Gasteiger partial charge in [-0.15, -0.1) is 13.2 Å². The van der Waals surface area contributed by atoms with E-state index in [0.29, 0.717) is 13.0 Å². The van der Waals surface area contributed by atoms with E-state index in [2.05, 4.69) is 9.84 Å².